The lowest BCUT2D eigenvalue weighted by atomic mass is 10.1. The number of unbranched alkanes of at least 4 members (excludes halogenated alkanes) is 1. The first-order valence-corrected chi connectivity index (χ1v) is 8.98. The molecule has 0 saturated carbocycles. The number of thioether (sulfide) groups is 1. The second kappa shape index (κ2) is 8.80. The molecule has 1 amide bonds. The molecule has 126 valence electrons. The zero-order chi connectivity index (χ0) is 17.5. The molecule has 0 aromatic heterocycles. The molecule has 0 radical (unpaired) electrons. The average Bonchev–Trinajstić information content (AvgIpc) is 2.84. The van der Waals surface area contributed by atoms with Gasteiger partial charge in [0.05, 0.1) is 4.91 Å². The van der Waals surface area contributed by atoms with Gasteiger partial charge < -0.3 is 5.11 Å². The fraction of sp³-hybridized carbons (Fsp3) is 0.278. The molecular formula is C18H19NO3S2. The summed E-state index contributed by atoms with van der Waals surface area (Å²) in [5.41, 5.74) is 1.02. The third kappa shape index (κ3) is 4.55. The second-order valence-corrected chi connectivity index (χ2v) is 7.02. The molecule has 1 N–H and O–H groups in total. The number of allylic oxidation sites excluding steroid dienone is 2. The van der Waals surface area contributed by atoms with Crippen molar-refractivity contribution >= 4 is 46.3 Å². The number of nitrogens with zero attached hydrogens (tertiary/aromatic N) is 1. The van der Waals surface area contributed by atoms with Crippen molar-refractivity contribution in [3.63, 3.8) is 0 Å². The van der Waals surface area contributed by atoms with Crippen LogP contribution < -0.4 is 0 Å². The minimum atomic E-state index is -1.01. The first kappa shape index (κ1) is 18.4. The van der Waals surface area contributed by atoms with Crippen LogP contribution in [-0.4, -0.2) is 32.2 Å². The Hall–Kier alpha value is -1.92. The Kier molecular flexibility index (Phi) is 6.75. The van der Waals surface area contributed by atoms with Crippen molar-refractivity contribution in [2.45, 2.75) is 32.2 Å². The van der Waals surface area contributed by atoms with E-state index >= 15 is 0 Å². The number of hydrogen-bond acceptors (Lipinski definition) is 4. The summed E-state index contributed by atoms with van der Waals surface area (Å²) in [6.45, 7) is 1.98. The minimum Gasteiger partial charge on any atom is -0.480 e. The summed E-state index contributed by atoms with van der Waals surface area (Å²) in [5.74, 6) is -1.34. The summed E-state index contributed by atoms with van der Waals surface area (Å²) >= 11 is 6.37. The first-order chi connectivity index (χ1) is 11.5. The zero-order valence-corrected chi connectivity index (χ0v) is 15.0. The summed E-state index contributed by atoms with van der Waals surface area (Å²) < 4.78 is 0.308. The molecule has 0 bridgehead atoms. The van der Waals surface area contributed by atoms with Crippen molar-refractivity contribution < 1.29 is 14.7 Å². The van der Waals surface area contributed by atoms with Crippen LogP contribution >= 0.6 is 24.0 Å². The zero-order valence-electron chi connectivity index (χ0n) is 13.3. The van der Waals surface area contributed by atoms with E-state index in [9.17, 15) is 14.7 Å². The van der Waals surface area contributed by atoms with E-state index in [-0.39, 0.29) is 5.91 Å². The molecule has 1 aromatic carbocycles. The third-order valence-electron chi connectivity index (χ3n) is 3.59. The summed E-state index contributed by atoms with van der Waals surface area (Å²) in [4.78, 5) is 25.7. The Bertz CT molecular complexity index is 683. The molecule has 6 heteroatoms. The van der Waals surface area contributed by atoms with Gasteiger partial charge in [0, 0.05) is 0 Å². The molecule has 24 heavy (non-hydrogen) atoms. The molecule has 0 aliphatic carbocycles. The molecule has 1 fully saturated rings. The van der Waals surface area contributed by atoms with Gasteiger partial charge in [0.1, 0.15) is 10.4 Å². The highest BCUT2D eigenvalue weighted by atomic mass is 32.2. The Morgan fingerprint density at radius 1 is 1.38 bits per heavy atom. The number of carbonyl (C=O) groups is 2. The van der Waals surface area contributed by atoms with E-state index in [1.807, 2.05) is 43.3 Å². The predicted molar refractivity (Wildman–Crippen MR) is 102 cm³/mol. The van der Waals surface area contributed by atoms with Gasteiger partial charge in [-0.2, -0.15) is 0 Å². The second-order valence-electron chi connectivity index (χ2n) is 5.34. The van der Waals surface area contributed by atoms with Gasteiger partial charge in [-0.15, -0.1) is 0 Å². The van der Waals surface area contributed by atoms with Gasteiger partial charge >= 0.3 is 5.97 Å². The molecule has 1 heterocycles. The number of hydrogen-bond donors (Lipinski definition) is 1. The standard InChI is InChI=1S/C18H19NO3S2/c1-2-3-11-14(17(21)22)19-16(20)15(24-18(19)23)12-7-10-13-8-5-4-6-9-13/h4-10,12,14H,2-3,11H2,1H3,(H,21,22)/b10-7+,15-12-. The number of thiocarbonyl (C=S) groups is 1. The number of rotatable bonds is 7. The maximum absolute atomic E-state index is 12.5. The Balaban J connectivity index is 2.13. The van der Waals surface area contributed by atoms with Gasteiger partial charge in [-0.25, -0.2) is 4.79 Å². The monoisotopic (exact) mass is 361 g/mol. The van der Waals surface area contributed by atoms with Gasteiger partial charge in [-0.3, -0.25) is 9.69 Å². The van der Waals surface area contributed by atoms with Gasteiger partial charge in [0.25, 0.3) is 5.91 Å². The fourth-order valence-corrected chi connectivity index (χ4v) is 3.64. The molecule has 2 rings (SSSR count). The lowest BCUT2D eigenvalue weighted by Gasteiger charge is -2.22. The number of carbonyl (C=O) groups excluding carboxylic acids is 1. The number of amides is 1. The van der Waals surface area contributed by atoms with Crippen molar-refractivity contribution in [3.8, 4) is 0 Å². The van der Waals surface area contributed by atoms with Crippen LogP contribution in [0.1, 0.15) is 31.7 Å². The average molecular weight is 361 g/mol. The molecule has 1 atom stereocenters. The van der Waals surface area contributed by atoms with Crippen LogP contribution in [0.5, 0.6) is 0 Å². The topological polar surface area (TPSA) is 57.6 Å². The summed E-state index contributed by atoms with van der Waals surface area (Å²) in [5, 5.41) is 9.41. The highest BCUT2D eigenvalue weighted by Crippen LogP contribution is 2.33. The van der Waals surface area contributed by atoms with E-state index < -0.39 is 12.0 Å². The smallest absolute Gasteiger partial charge is 0.326 e. The van der Waals surface area contributed by atoms with Gasteiger partial charge in [-0.1, -0.05) is 86.2 Å². The van der Waals surface area contributed by atoms with E-state index in [1.165, 1.54) is 4.90 Å². The molecular weight excluding hydrogens is 342 g/mol. The Morgan fingerprint density at radius 2 is 2.08 bits per heavy atom. The van der Waals surface area contributed by atoms with Crippen molar-refractivity contribution in [1.29, 1.82) is 0 Å². The van der Waals surface area contributed by atoms with Crippen molar-refractivity contribution in [3.05, 3.63) is 53.0 Å². The first-order valence-electron chi connectivity index (χ1n) is 7.76. The fourth-order valence-electron chi connectivity index (χ4n) is 2.33. The van der Waals surface area contributed by atoms with Crippen LogP contribution in [0, 0.1) is 0 Å². The number of aliphatic carboxylic acids is 1. The van der Waals surface area contributed by atoms with Crippen molar-refractivity contribution in [1.82, 2.24) is 4.90 Å². The van der Waals surface area contributed by atoms with E-state index in [4.69, 9.17) is 12.2 Å². The molecule has 0 spiro atoms. The summed E-state index contributed by atoms with van der Waals surface area (Å²) in [6, 6.07) is 8.84. The largest absolute Gasteiger partial charge is 0.480 e. The third-order valence-corrected chi connectivity index (χ3v) is 4.94. The van der Waals surface area contributed by atoms with Crippen LogP contribution in [0.25, 0.3) is 6.08 Å². The van der Waals surface area contributed by atoms with E-state index in [1.54, 1.807) is 12.2 Å². The highest BCUT2D eigenvalue weighted by molar-refractivity contribution is 8.26. The molecule has 1 aromatic rings. The van der Waals surface area contributed by atoms with Gasteiger partial charge in [0.15, 0.2) is 0 Å². The van der Waals surface area contributed by atoms with Gasteiger partial charge in [-0.05, 0) is 18.1 Å². The maximum atomic E-state index is 12.5. The normalized spacial score (nSPS) is 17.9. The lowest BCUT2D eigenvalue weighted by Crippen LogP contribution is -2.43. The van der Waals surface area contributed by atoms with Crippen LogP contribution in [0.15, 0.2) is 47.4 Å². The number of benzene rings is 1. The predicted octanol–water partition coefficient (Wildman–Crippen LogP) is 4.09. The van der Waals surface area contributed by atoms with Crippen molar-refractivity contribution in [2.24, 2.45) is 0 Å². The SMILES string of the molecule is CCCCC(C(=O)O)N1C(=O)/C(=C/C=C/c2ccccc2)SC1=S. The summed E-state index contributed by atoms with van der Waals surface area (Å²) in [7, 11) is 0. The Labute approximate surface area is 151 Å². The van der Waals surface area contributed by atoms with Crippen LogP contribution in [0.2, 0.25) is 0 Å². The minimum absolute atomic E-state index is 0.308. The van der Waals surface area contributed by atoms with E-state index in [0.29, 0.717) is 15.6 Å². The summed E-state index contributed by atoms with van der Waals surface area (Å²) in [6.07, 6.45) is 7.37. The van der Waals surface area contributed by atoms with Crippen LogP contribution in [0.4, 0.5) is 0 Å². The molecule has 4 nitrogen and oxygen atoms in total. The van der Waals surface area contributed by atoms with Crippen LogP contribution in [0.3, 0.4) is 0 Å². The number of carboxylic acid groups (broad SMARTS) is 1. The Morgan fingerprint density at radius 3 is 2.71 bits per heavy atom. The van der Waals surface area contributed by atoms with Gasteiger partial charge in [0.2, 0.25) is 0 Å². The van der Waals surface area contributed by atoms with Crippen LogP contribution in [-0.2, 0) is 9.59 Å². The molecule has 1 aliphatic rings. The van der Waals surface area contributed by atoms with Crippen molar-refractivity contribution in [2.75, 3.05) is 0 Å². The maximum Gasteiger partial charge on any atom is 0.326 e. The van der Waals surface area contributed by atoms with E-state index in [2.05, 4.69) is 0 Å². The molecule has 1 aliphatic heterocycles. The highest BCUT2D eigenvalue weighted by Gasteiger charge is 2.39. The molecule has 1 saturated heterocycles. The quantitative estimate of drug-likeness (QED) is 0.586. The molecule has 1 unspecified atom stereocenters. The number of carboxylic acids is 1. The van der Waals surface area contributed by atoms with E-state index in [0.717, 1.165) is 30.2 Å². The lowest BCUT2D eigenvalue weighted by molar-refractivity contribution is -0.145.